The second kappa shape index (κ2) is 7.87. The molecule has 132 valence electrons. The molecular formula is C19H21BrN2O3. The van der Waals surface area contributed by atoms with Gasteiger partial charge in [0.1, 0.15) is 0 Å². The van der Waals surface area contributed by atoms with Crippen molar-refractivity contribution in [3.63, 3.8) is 0 Å². The smallest absolute Gasteiger partial charge is 0.289 e. The lowest BCUT2D eigenvalue weighted by Crippen LogP contribution is -2.50. The molecule has 2 heterocycles. The van der Waals surface area contributed by atoms with E-state index in [-0.39, 0.29) is 11.8 Å². The molecule has 1 aliphatic heterocycles. The van der Waals surface area contributed by atoms with E-state index in [1.807, 2.05) is 4.90 Å². The zero-order valence-corrected chi connectivity index (χ0v) is 15.8. The van der Waals surface area contributed by atoms with Gasteiger partial charge in [-0.25, -0.2) is 0 Å². The number of halogens is 1. The van der Waals surface area contributed by atoms with Crippen molar-refractivity contribution in [3.8, 4) is 0 Å². The van der Waals surface area contributed by atoms with Crippen LogP contribution in [0.4, 0.5) is 0 Å². The Morgan fingerprint density at radius 1 is 1.00 bits per heavy atom. The van der Waals surface area contributed by atoms with Crippen LogP contribution < -0.4 is 0 Å². The molecule has 1 aromatic carbocycles. The van der Waals surface area contributed by atoms with Gasteiger partial charge in [0.15, 0.2) is 10.4 Å². The average molecular weight is 405 g/mol. The van der Waals surface area contributed by atoms with Crippen LogP contribution in [0.5, 0.6) is 0 Å². The second-order valence-electron chi connectivity index (χ2n) is 6.26. The Bertz CT molecular complexity index is 746. The van der Waals surface area contributed by atoms with Crippen molar-refractivity contribution >= 4 is 27.7 Å². The first-order valence-corrected chi connectivity index (χ1v) is 9.20. The van der Waals surface area contributed by atoms with Crippen LogP contribution in [0.2, 0.25) is 0 Å². The Kier molecular flexibility index (Phi) is 5.58. The lowest BCUT2D eigenvalue weighted by atomic mass is 10.1. The van der Waals surface area contributed by atoms with E-state index in [0.717, 1.165) is 6.42 Å². The lowest BCUT2D eigenvalue weighted by Gasteiger charge is -2.34. The molecule has 0 unspecified atom stereocenters. The zero-order chi connectivity index (χ0) is 17.8. The molecule has 3 rings (SSSR count). The second-order valence-corrected chi connectivity index (χ2v) is 7.04. The highest BCUT2D eigenvalue weighted by atomic mass is 79.9. The molecule has 6 heteroatoms. The van der Waals surface area contributed by atoms with Crippen LogP contribution in [0.15, 0.2) is 45.5 Å². The summed E-state index contributed by atoms with van der Waals surface area (Å²) in [5.74, 6) is 0.344. The molecule has 0 radical (unpaired) electrons. The number of hydrogen-bond acceptors (Lipinski definition) is 3. The van der Waals surface area contributed by atoms with Gasteiger partial charge in [-0.05, 0) is 47.0 Å². The number of benzene rings is 1. The fraction of sp³-hybridized carbons (Fsp3) is 0.368. The SMILES string of the molecule is Cc1ccc(CCC(=O)N2CCN(C(=O)c3ccc(Br)o3)CC2)cc1. The Labute approximate surface area is 155 Å². The van der Waals surface area contributed by atoms with E-state index in [9.17, 15) is 9.59 Å². The molecule has 0 saturated carbocycles. The van der Waals surface area contributed by atoms with Crippen molar-refractivity contribution in [1.82, 2.24) is 9.80 Å². The molecule has 25 heavy (non-hydrogen) atoms. The van der Waals surface area contributed by atoms with Crippen molar-refractivity contribution < 1.29 is 14.0 Å². The lowest BCUT2D eigenvalue weighted by molar-refractivity contribution is -0.132. The number of amides is 2. The summed E-state index contributed by atoms with van der Waals surface area (Å²) in [5, 5.41) is 0. The number of hydrogen-bond donors (Lipinski definition) is 0. The molecule has 0 spiro atoms. The predicted molar refractivity (Wildman–Crippen MR) is 98.4 cm³/mol. The van der Waals surface area contributed by atoms with Gasteiger partial charge in [0.05, 0.1) is 0 Å². The Hall–Kier alpha value is -2.08. The first-order chi connectivity index (χ1) is 12.0. The molecule has 0 bridgehead atoms. The summed E-state index contributed by atoms with van der Waals surface area (Å²) < 4.78 is 5.86. The molecule has 5 nitrogen and oxygen atoms in total. The normalized spacial score (nSPS) is 14.6. The fourth-order valence-electron chi connectivity index (χ4n) is 2.91. The molecular weight excluding hydrogens is 384 g/mol. The average Bonchev–Trinajstić information content (AvgIpc) is 3.07. The molecule has 0 N–H and O–H groups in total. The van der Waals surface area contributed by atoms with Gasteiger partial charge in [-0.15, -0.1) is 0 Å². The number of carbonyl (C=O) groups excluding carboxylic acids is 2. The van der Waals surface area contributed by atoms with Crippen LogP contribution in [-0.2, 0) is 11.2 Å². The van der Waals surface area contributed by atoms with Crippen LogP contribution in [0, 0.1) is 6.92 Å². The molecule has 1 saturated heterocycles. The zero-order valence-electron chi connectivity index (χ0n) is 14.2. The Balaban J connectivity index is 1.47. The monoisotopic (exact) mass is 404 g/mol. The van der Waals surface area contributed by atoms with Crippen molar-refractivity contribution in [3.05, 3.63) is 58.0 Å². The van der Waals surface area contributed by atoms with E-state index < -0.39 is 0 Å². The van der Waals surface area contributed by atoms with Crippen molar-refractivity contribution in [2.45, 2.75) is 19.8 Å². The minimum atomic E-state index is -0.127. The highest BCUT2D eigenvalue weighted by Gasteiger charge is 2.26. The molecule has 0 aliphatic carbocycles. The van der Waals surface area contributed by atoms with Crippen LogP contribution in [0.1, 0.15) is 28.1 Å². The third kappa shape index (κ3) is 4.51. The number of aryl methyl sites for hydroxylation is 2. The summed E-state index contributed by atoms with van der Waals surface area (Å²) in [6, 6.07) is 11.6. The van der Waals surface area contributed by atoms with Crippen LogP contribution in [0.25, 0.3) is 0 Å². The number of carbonyl (C=O) groups is 2. The molecule has 1 fully saturated rings. The molecule has 2 amide bonds. The van der Waals surface area contributed by atoms with Gasteiger partial charge in [-0.2, -0.15) is 0 Å². The number of piperazine rings is 1. The van der Waals surface area contributed by atoms with Gasteiger partial charge in [0.25, 0.3) is 5.91 Å². The summed E-state index contributed by atoms with van der Waals surface area (Å²) in [6.07, 6.45) is 1.25. The van der Waals surface area contributed by atoms with Crippen molar-refractivity contribution in [2.24, 2.45) is 0 Å². The highest BCUT2D eigenvalue weighted by Crippen LogP contribution is 2.17. The van der Waals surface area contributed by atoms with Gasteiger partial charge < -0.3 is 14.2 Å². The fourth-order valence-corrected chi connectivity index (χ4v) is 3.21. The third-order valence-electron chi connectivity index (χ3n) is 4.45. The van der Waals surface area contributed by atoms with Crippen LogP contribution in [-0.4, -0.2) is 47.8 Å². The van der Waals surface area contributed by atoms with Gasteiger partial charge >= 0.3 is 0 Å². The van der Waals surface area contributed by atoms with E-state index >= 15 is 0 Å². The van der Waals surface area contributed by atoms with E-state index in [2.05, 4.69) is 47.1 Å². The van der Waals surface area contributed by atoms with Crippen molar-refractivity contribution in [2.75, 3.05) is 26.2 Å². The van der Waals surface area contributed by atoms with E-state index in [4.69, 9.17) is 4.42 Å². The number of rotatable bonds is 4. The van der Waals surface area contributed by atoms with E-state index in [1.165, 1.54) is 11.1 Å². The molecule has 0 atom stereocenters. The first-order valence-electron chi connectivity index (χ1n) is 8.41. The van der Waals surface area contributed by atoms with Gasteiger partial charge in [-0.3, -0.25) is 9.59 Å². The van der Waals surface area contributed by atoms with E-state index in [0.29, 0.717) is 43.0 Å². The maximum Gasteiger partial charge on any atom is 0.289 e. The minimum absolute atomic E-state index is 0.127. The van der Waals surface area contributed by atoms with E-state index in [1.54, 1.807) is 17.0 Å². The predicted octanol–water partition coefficient (Wildman–Crippen LogP) is 3.27. The van der Waals surface area contributed by atoms with Crippen molar-refractivity contribution in [1.29, 1.82) is 0 Å². The van der Waals surface area contributed by atoms with Gasteiger partial charge in [-0.1, -0.05) is 29.8 Å². The number of furan rings is 1. The quantitative estimate of drug-likeness (QED) is 0.785. The standard InChI is InChI=1S/C19H21BrN2O3/c1-14-2-4-15(5-3-14)6-9-18(23)21-10-12-22(13-11-21)19(24)16-7-8-17(20)25-16/h2-5,7-8H,6,9-13H2,1H3. The van der Waals surface area contributed by atoms with Crippen LogP contribution >= 0.6 is 15.9 Å². The Morgan fingerprint density at radius 3 is 2.24 bits per heavy atom. The van der Waals surface area contributed by atoms with Crippen LogP contribution in [0.3, 0.4) is 0 Å². The maximum absolute atomic E-state index is 12.4. The Morgan fingerprint density at radius 2 is 1.64 bits per heavy atom. The summed E-state index contributed by atoms with van der Waals surface area (Å²) in [7, 11) is 0. The topological polar surface area (TPSA) is 53.8 Å². The highest BCUT2D eigenvalue weighted by molar-refractivity contribution is 9.10. The maximum atomic E-state index is 12.4. The molecule has 2 aromatic rings. The third-order valence-corrected chi connectivity index (χ3v) is 4.88. The van der Waals surface area contributed by atoms with Gasteiger partial charge in [0.2, 0.25) is 5.91 Å². The molecule has 1 aliphatic rings. The summed E-state index contributed by atoms with van der Waals surface area (Å²) in [4.78, 5) is 28.3. The van der Waals surface area contributed by atoms with Gasteiger partial charge in [0, 0.05) is 32.6 Å². The summed E-state index contributed by atoms with van der Waals surface area (Å²) in [6.45, 7) is 4.26. The minimum Gasteiger partial charge on any atom is -0.444 e. The molecule has 1 aromatic heterocycles. The first kappa shape index (κ1) is 17.7. The number of nitrogens with zero attached hydrogens (tertiary/aromatic N) is 2. The summed E-state index contributed by atoms with van der Waals surface area (Å²) >= 11 is 3.20. The largest absolute Gasteiger partial charge is 0.444 e. The summed E-state index contributed by atoms with van der Waals surface area (Å²) in [5.41, 5.74) is 2.40.